The standard InChI is InChI=1S/C16H18ClNO2S/c1-13-3-5-15(6-4-13)12-18(2)21(19,20)16-9-7-14(11-17)8-10-16/h3-10H,11-12H2,1-2H3. The van der Waals surface area contributed by atoms with Gasteiger partial charge in [-0.05, 0) is 30.2 Å². The molecular formula is C16H18ClNO2S. The van der Waals surface area contributed by atoms with Crippen molar-refractivity contribution in [2.45, 2.75) is 24.2 Å². The first kappa shape index (κ1) is 16.0. The van der Waals surface area contributed by atoms with Crippen LogP contribution >= 0.6 is 11.6 Å². The molecule has 0 unspecified atom stereocenters. The average Bonchev–Trinajstić information content (AvgIpc) is 2.49. The molecule has 0 atom stereocenters. The number of alkyl halides is 1. The lowest BCUT2D eigenvalue weighted by molar-refractivity contribution is 0.466. The van der Waals surface area contributed by atoms with Crippen LogP contribution in [0.5, 0.6) is 0 Å². The third kappa shape index (κ3) is 3.84. The monoisotopic (exact) mass is 323 g/mol. The Morgan fingerprint density at radius 2 is 1.48 bits per heavy atom. The Labute approximate surface area is 131 Å². The van der Waals surface area contributed by atoms with E-state index in [4.69, 9.17) is 11.6 Å². The quantitative estimate of drug-likeness (QED) is 0.789. The molecule has 0 bridgehead atoms. The second kappa shape index (κ2) is 6.60. The number of aryl methyl sites for hydroxylation is 1. The van der Waals surface area contributed by atoms with E-state index >= 15 is 0 Å². The van der Waals surface area contributed by atoms with Gasteiger partial charge in [0.15, 0.2) is 0 Å². The number of hydrogen-bond donors (Lipinski definition) is 0. The van der Waals surface area contributed by atoms with Crippen LogP contribution in [-0.4, -0.2) is 19.8 Å². The third-order valence-corrected chi connectivity index (χ3v) is 5.44. The zero-order chi connectivity index (χ0) is 15.5. The molecule has 0 aliphatic heterocycles. The van der Waals surface area contributed by atoms with Crippen LogP contribution in [0.3, 0.4) is 0 Å². The predicted molar refractivity (Wildman–Crippen MR) is 85.8 cm³/mol. The minimum Gasteiger partial charge on any atom is -0.207 e. The summed E-state index contributed by atoms with van der Waals surface area (Å²) >= 11 is 5.72. The van der Waals surface area contributed by atoms with E-state index in [2.05, 4.69) is 0 Å². The number of halogens is 1. The van der Waals surface area contributed by atoms with Crippen molar-refractivity contribution in [2.24, 2.45) is 0 Å². The first-order chi connectivity index (χ1) is 9.93. The van der Waals surface area contributed by atoms with Gasteiger partial charge in [-0.15, -0.1) is 11.6 Å². The number of sulfonamides is 1. The molecule has 112 valence electrons. The molecule has 0 aliphatic rings. The summed E-state index contributed by atoms with van der Waals surface area (Å²) in [7, 11) is -1.89. The molecule has 0 amide bonds. The Morgan fingerprint density at radius 3 is 2.00 bits per heavy atom. The SMILES string of the molecule is Cc1ccc(CN(C)S(=O)(=O)c2ccc(CCl)cc2)cc1. The van der Waals surface area contributed by atoms with Gasteiger partial charge in [0.05, 0.1) is 4.90 Å². The van der Waals surface area contributed by atoms with Crippen LogP contribution < -0.4 is 0 Å². The van der Waals surface area contributed by atoms with Gasteiger partial charge in [0, 0.05) is 19.5 Å². The molecule has 0 saturated carbocycles. The molecule has 0 N–H and O–H groups in total. The Kier molecular flexibility index (Phi) is 5.04. The van der Waals surface area contributed by atoms with Gasteiger partial charge in [-0.3, -0.25) is 0 Å². The topological polar surface area (TPSA) is 37.4 Å². The number of rotatable bonds is 5. The highest BCUT2D eigenvalue weighted by molar-refractivity contribution is 7.89. The Bertz CT molecular complexity index is 694. The van der Waals surface area contributed by atoms with Crippen molar-refractivity contribution in [3.05, 3.63) is 65.2 Å². The van der Waals surface area contributed by atoms with Crippen molar-refractivity contribution in [3.8, 4) is 0 Å². The molecular weight excluding hydrogens is 306 g/mol. The minimum atomic E-state index is -3.48. The van der Waals surface area contributed by atoms with Crippen molar-refractivity contribution < 1.29 is 8.42 Å². The first-order valence-corrected chi connectivity index (χ1v) is 8.58. The lowest BCUT2D eigenvalue weighted by Gasteiger charge is -2.17. The Morgan fingerprint density at radius 1 is 0.952 bits per heavy atom. The van der Waals surface area contributed by atoms with E-state index in [1.807, 2.05) is 31.2 Å². The smallest absolute Gasteiger partial charge is 0.207 e. The van der Waals surface area contributed by atoms with E-state index in [0.717, 1.165) is 16.7 Å². The van der Waals surface area contributed by atoms with E-state index in [9.17, 15) is 8.42 Å². The molecule has 0 aliphatic carbocycles. The lowest BCUT2D eigenvalue weighted by Crippen LogP contribution is -2.26. The van der Waals surface area contributed by atoms with Gasteiger partial charge in [-0.25, -0.2) is 8.42 Å². The van der Waals surface area contributed by atoms with Gasteiger partial charge in [0.2, 0.25) is 10.0 Å². The molecule has 0 fully saturated rings. The number of nitrogens with zero attached hydrogens (tertiary/aromatic N) is 1. The fourth-order valence-corrected chi connectivity index (χ4v) is 3.30. The summed E-state index contributed by atoms with van der Waals surface area (Å²) in [6.45, 7) is 2.35. The van der Waals surface area contributed by atoms with Gasteiger partial charge < -0.3 is 0 Å². The fourth-order valence-electron chi connectivity index (χ4n) is 1.97. The Hall–Kier alpha value is -1.36. The van der Waals surface area contributed by atoms with E-state index in [-0.39, 0.29) is 4.90 Å². The van der Waals surface area contributed by atoms with E-state index in [1.54, 1.807) is 31.3 Å². The van der Waals surface area contributed by atoms with Gasteiger partial charge in [0.1, 0.15) is 0 Å². The molecule has 21 heavy (non-hydrogen) atoms. The highest BCUT2D eigenvalue weighted by atomic mass is 35.5. The molecule has 0 spiro atoms. The van der Waals surface area contributed by atoms with Crippen LogP contribution in [0, 0.1) is 6.92 Å². The molecule has 5 heteroatoms. The van der Waals surface area contributed by atoms with Crippen LogP contribution in [0.4, 0.5) is 0 Å². The molecule has 0 aromatic heterocycles. The Balaban J connectivity index is 2.19. The maximum Gasteiger partial charge on any atom is 0.243 e. The van der Waals surface area contributed by atoms with Crippen LogP contribution in [-0.2, 0) is 22.4 Å². The molecule has 2 aromatic rings. The van der Waals surface area contributed by atoms with Crippen molar-refractivity contribution in [1.82, 2.24) is 4.31 Å². The molecule has 0 radical (unpaired) electrons. The van der Waals surface area contributed by atoms with Gasteiger partial charge in [-0.1, -0.05) is 42.0 Å². The minimum absolute atomic E-state index is 0.283. The summed E-state index contributed by atoms with van der Waals surface area (Å²) in [4.78, 5) is 0.283. The van der Waals surface area contributed by atoms with Gasteiger partial charge >= 0.3 is 0 Å². The largest absolute Gasteiger partial charge is 0.243 e. The van der Waals surface area contributed by atoms with Crippen molar-refractivity contribution in [3.63, 3.8) is 0 Å². The summed E-state index contributed by atoms with van der Waals surface area (Å²) in [5.41, 5.74) is 3.02. The zero-order valence-electron chi connectivity index (χ0n) is 12.1. The highest BCUT2D eigenvalue weighted by Crippen LogP contribution is 2.18. The molecule has 3 nitrogen and oxygen atoms in total. The van der Waals surface area contributed by atoms with Crippen molar-refractivity contribution in [1.29, 1.82) is 0 Å². The molecule has 0 saturated heterocycles. The van der Waals surface area contributed by atoms with Crippen LogP contribution in [0.1, 0.15) is 16.7 Å². The molecule has 0 heterocycles. The summed E-state index contributed by atoms with van der Waals surface area (Å²) in [5.74, 6) is 0.375. The maximum atomic E-state index is 12.5. The normalized spacial score (nSPS) is 11.8. The van der Waals surface area contributed by atoms with E-state index < -0.39 is 10.0 Å². The number of hydrogen-bond acceptors (Lipinski definition) is 2. The van der Waals surface area contributed by atoms with Crippen molar-refractivity contribution >= 4 is 21.6 Å². The lowest BCUT2D eigenvalue weighted by atomic mass is 10.1. The first-order valence-electron chi connectivity index (χ1n) is 6.60. The van der Waals surface area contributed by atoms with E-state index in [1.165, 1.54) is 4.31 Å². The second-order valence-electron chi connectivity index (χ2n) is 5.02. The van der Waals surface area contributed by atoms with Crippen molar-refractivity contribution in [2.75, 3.05) is 7.05 Å². The van der Waals surface area contributed by atoms with E-state index in [0.29, 0.717) is 12.4 Å². The highest BCUT2D eigenvalue weighted by Gasteiger charge is 2.20. The van der Waals surface area contributed by atoms with Crippen LogP contribution in [0.15, 0.2) is 53.4 Å². The predicted octanol–water partition coefficient (Wildman–Crippen LogP) is 3.55. The molecule has 2 rings (SSSR count). The van der Waals surface area contributed by atoms with Crippen LogP contribution in [0.25, 0.3) is 0 Å². The second-order valence-corrected chi connectivity index (χ2v) is 7.34. The maximum absolute atomic E-state index is 12.5. The third-order valence-electron chi connectivity index (χ3n) is 3.31. The molecule has 2 aromatic carbocycles. The average molecular weight is 324 g/mol. The summed E-state index contributed by atoms with van der Waals surface area (Å²) in [5, 5.41) is 0. The number of benzene rings is 2. The fraction of sp³-hybridized carbons (Fsp3) is 0.250. The summed E-state index contributed by atoms with van der Waals surface area (Å²) in [6, 6.07) is 14.5. The summed E-state index contributed by atoms with van der Waals surface area (Å²) < 4.78 is 26.3. The van der Waals surface area contributed by atoms with Crippen LogP contribution in [0.2, 0.25) is 0 Å². The van der Waals surface area contributed by atoms with Gasteiger partial charge in [-0.2, -0.15) is 4.31 Å². The van der Waals surface area contributed by atoms with Gasteiger partial charge in [0.25, 0.3) is 0 Å². The zero-order valence-corrected chi connectivity index (χ0v) is 13.7. The summed E-state index contributed by atoms with van der Waals surface area (Å²) in [6.07, 6.45) is 0.